The number of amides is 1. The molecule has 156 valence electrons. The molecule has 1 saturated heterocycles. The lowest BCUT2D eigenvalue weighted by molar-refractivity contribution is -0.123. The van der Waals surface area contributed by atoms with Gasteiger partial charge >= 0.3 is 0 Å². The fraction of sp³-hybridized carbons (Fsp3) is 0.348. The van der Waals surface area contributed by atoms with E-state index >= 15 is 0 Å². The molecule has 3 aromatic rings. The maximum absolute atomic E-state index is 13.1. The predicted octanol–water partition coefficient (Wildman–Crippen LogP) is 3.58. The molecule has 2 aromatic carbocycles. The van der Waals surface area contributed by atoms with Gasteiger partial charge in [0.1, 0.15) is 0 Å². The number of hydrogen-bond acceptors (Lipinski definition) is 5. The number of carbonyl (C=O) groups is 1. The highest BCUT2D eigenvalue weighted by Gasteiger charge is 2.32. The zero-order chi connectivity index (χ0) is 20.9. The Balaban J connectivity index is 1.50. The smallest absolute Gasteiger partial charge is 0.234 e. The van der Waals surface area contributed by atoms with Crippen LogP contribution >= 0.6 is 11.8 Å². The zero-order valence-corrected chi connectivity index (χ0v) is 18.2. The molecule has 1 atom stereocenters. The summed E-state index contributed by atoms with van der Waals surface area (Å²) in [6, 6.07) is 20.2. The van der Waals surface area contributed by atoms with Gasteiger partial charge in [-0.3, -0.25) is 9.69 Å². The Morgan fingerprint density at radius 1 is 1.10 bits per heavy atom. The first-order valence-electron chi connectivity index (χ1n) is 10.2. The van der Waals surface area contributed by atoms with Gasteiger partial charge < -0.3 is 9.88 Å². The topological polar surface area (TPSA) is 63.1 Å². The maximum atomic E-state index is 13.1. The quantitative estimate of drug-likeness (QED) is 0.591. The van der Waals surface area contributed by atoms with Crippen molar-refractivity contribution >= 4 is 17.7 Å². The molecule has 0 unspecified atom stereocenters. The van der Waals surface area contributed by atoms with Gasteiger partial charge in [-0.05, 0) is 36.8 Å². The minimum atomic E-state index is -0.168. The van der Waals surface area contributed by atoms with Crippen LogP contribution in [0.25, 0.3) is 0 Å². The van der Waals surface area contributed by atoms with Crippen LogP contribution in [0.2, 0.25) is 0 Å². The van der Waals surface area contributed by atoms with E-state index in [4.69, 9.17) is 0 Å². The molecule has 7 heteroatoms. The summed E-state index contributed by atoms with van der Waals surface area (Å²) in [5.74, 6) is 0.958. The fourth-order valence-corrected chi connectivity index (χ4v) is 4.63. The molecule has 0 saturated carbocycles. The van der Waals surface area contributed by atoms with Gasteiger partial charge in [-0.25, -0.2) is 0 Å². The van der Waals surface area contributed by atoms with Crippen LogP contribution in [-0.2, 0) is 11.8 Å². The van der Waals surface area contributed by atoms with Gasteiger partial charge in [-0.2, -0.15) is 0 Å². The number of aromatic nitrogens is 3. The fourth-order valence-electron chi connectivity index (χ4n) is 4.14. The van der Waals surface area contributed by atoms with Gasteiger partial charge in [-0.1, -0.05) is 72.4 Å². The number of thioether (sulfide) groups is 1. The molecule has 0 bridgehead atoms. The van der Waals surface area contributed by atoms with E-state index in [0.717, 1.165) is 41.5 Å². The van der Waals surface area contributed by atoms with Crippen LogP contribution < -0.4 is 5.32 Å². The molecule has 1 N–H and O–H groups in total. The van der Waals surface area contributed by atoms with Gasteiger partial charge in [-0.15, -0.1) is 10.2 Å². The third kappa shape index (κ3) is 4.42. The summed E-state index contributed by atoms with van der Waals surface area (Å²) in [4.78, 5) is 15.3. The summed E-state index contributed by atoms with van der Waals surface area (Å²) >= 11 is 1.59. The number of carbonyl (C=O) groups excluding carboxylic acids is 1. The molecule has 4 rings (SSSR count). The van der Waals surface area contributed by atoms with Gasteiger partial charge in [0, 0.05) is 7.05 Å². The highest BCUT2D eigenvalue weighted by atomic mass is 32.2. The molecule has 1 aliphatic rings. The summed E-state index contributed by atoms with van der Waals surface area (Å²) in [5, 5.41) is 12.8. The van der Waals surface area contributed by atoms with Crippen molar-refractivity contribution in [2.24, 2.45) is 7.05 Å². The molecular formula is C23H27N5OS. The lowest BCUT2D eigenvalue weighted by atomic mass is 9.99. The van der Waals surface area contributed by atoms with Crippen LogP contribution in [0.1, 0.15) is 41.9 Å². The first-order chi connectivity index (χ1) is 14.7. The van der Waals surface area contributed by atoms with Crippen molar-refractivity contribution < 1.29 is 4.79 Å². The Kier molecular flexibility index (Phi) is 6.50. The Morgan fingerprint density at radius 2 is 1.73 bits per heavy atom. The normalized spacial score (nSPS) is 16.8. The summed E-state index contributed by atoms with van der Waals surface area (Å²) in [7, 11) is 2.00. The molecule has 1 amide bonds. The Hall–Kier alpha value is -2.64. The van der Waals surface area contributed by atoms with E-state index in [1.165, 1.54) is 0 Å². The van der Waals surface area contributed by atoms with Crippen LogP contribution in [0.4, 0.5) is 0 Å². The standard InChI is InChI=1S/C23H27N5OS/c1-27-22(25-26-23(27)30-2)19-14-9-15-28(19)16-20(29)24-21(17-10-5-3-6-11-17)18-12-7-4-8-13-18/h3-8,10-13,19,21H,9,14-16H2,1-2H3,(H,24,29)/t19-/m1/s1. The molecular weight excluding hydrogens is 394 g/mol. The lowest BCUT2D eigenvalue weighted by Crippen LogP contribution is -2.39. The second-order valence-corrected chi connectivity index (χ2v) is 8.33. The molecule has 0 spiro atoms. The number of benzene rings is 2. The summed E-state index contributed by atoms with van der Waals surface area (Å²) < 4.78 is 2.04. The third-order valence-corrected chi connectivity index (χ3v) is 6.35. The van der Waals surface area contributed by atoms with Gasteiger partial charge in [0.2, 0.25) is 5.91 Å². The van der Waals surface area contributed by atoms with Crippen molar-refractivity contribution in [1.29, 1.82) is 0 Å². The van der Waals surface area contributed by atoms with Crippen LogP contribution in [0.3, 0.4) is 0 Å². The van der Waals surface area contributed by atoms with Crippen molar-refractivity contribution in [1.82, 2.24) is 25.0 Å². The van der Waals surface area contributed by atoms with E-state index in [1.807, 2.05) is 54.3 Å². The monoisotopic (exact) mass is 421 g/mol. The summed E-state index contributed by atoms with van der Waals surface area (Å²) in [6.07, 6.45) is 4.05. The highest BCUT2D eigenvalue weighted by Crippen LogP contribution is 2.31. The summed E-state index contributed by atoms with van der Waals surface area (Å²) in [6.45, 7) is 1.24. The van der Waals surface area contributed by atoms with E-state index in [0.29, 0.717) is 6.54 Å². The lowest BCUT2D eigenvalue weighted by Gasteiger charge is -2.25. The number of likely N-dealkylation sites (tertiary alicyclic amines) is 1. The number of nitrogens with one attached hydrogen (secondary N) is 1. The zero-order valence-electron chi connectivity index (χ0n) is 17.4. The number of hydrogen-bond donors (Lipinski definition) is 1. The minimum Gasteiger partial charge on any atom is -0.344 e. The van der Waals surface area contributed by atoms with E-state index in [-0.39, 0.29) is 18.0 Å². The Morgan fingerprint density at radius 3 is 2.30 bits per heavy atom. The second kappa shape index (κ2) is 9.45. The summed E-state index contributed by atoms with van der Waals surface area (Å²) in [5.41, 5.74) is 2.15. The molecule has 30 heavy (non-hydrogen) atoms. The molecule has 1 aromatic heterocycles. The molecule has 2 heterocycles. The van der Waals surface area contributed by atoms with Gasteiger partial charge in [0.15, 0.2) is 11.0 Å². The van der Waals surface area contributed by atoms with Crippen LogP contribution in [0.5, 0.6) is 0 Å². The van der Waals surface area contributed by atoms with Gasteiger partial charge in [0.25, 0.3) is 0 Å². The van der Waals surface area contributed by atoms with Crippen LogP contribution in [0.15, 0.2) is 65.8 Å². The van der Waals surface area contributed by atoms with E-state index in [2.05, 4.69) is 44.7 Å². The number of rotatable bonds is 7. The molecule has 0 aliphatic carbocycles. The second-order valence-electron chi connectivity index (χ2n) is 7.55. The molecule has 0 radical (unpaired) electrons. The van der Waals surface area contributed by atoms with E-state index in [9.17, 15) is 4.79 Å². The van der Waals surface area contributed by atoms with Crippen molar-refractivity contribution in [3.05, 3.63) is 77.6 Å². The van der Waals surface area contributed by atoms with Crippen molar-refractivity contribution in [3.63, 3.8) is 0 Å². The average molecular weight is 422 g/mol. The van der Waals surface area contributed by atoms with Crippen molar-refractivity contribution in [2.75, 3.05) is 19.3 Å². The largest absolute Gasteiger partial charge is 0.344 e. The SMILES string of the molecule is CSc1nnc([C@H]2CCCN2CC(=O)NC(c2ccccc2)c2ccccc2)n1C. The van der Waals surface area contributed by atoms with E-state index < -0.39 is 0 Å². The van der Waals surface area contributed by atoms with Crippen molar-refractivity contribution in [3.8, 4) is 0 Å². The Labute approximate surface area is 181 Å². The predicted molar refractivity (Wildman–Crippen MR) is 119 cm³/mol. The third-order valence-electron chi connectivity index (χ3n) is 5.63. The van der Waals surface area contributed by atoms with Crippen molar-refractivity contribution in [2.45, 2.75) is 30.1 Å². The first kappa shape index (κ1) is 20.6. The minimum absolute atomic E-state index is 0.0202. The van der Waals surface area contributed by atoms with Crippen LogP contribution in [0, 0.1) is 0 Å². The molecule has 1 fully saturated rings. The maximum Gasteiger partial charge on any atom is 0.234 e. The average Bonchev–Trinajstić information content (AvgIpc) is 3.38. The molecule has 6 nitrogen and oxygen atoms in total. The Bertz CT molecular complexity index is 936. The van der Waals surface area contributed by atoms with Gasteiger partial charge in [0.05, 0.1) is 18.6 Å². The molecule has 1 aliphatic heterocycles. The highest BCUT2D eigenvalue weighted by molar-refractivity contribution is 7.98. The van der Waals surface area contributed by atoms with Crippen LogP contribution in [-0.4, -0.2) is 44.9 Å². The first-order valence-corrected chi connectivity index (χ1v) is 11.5. The number of nitrogens with zero attached hydrogens (tertiary/aromatic N) is 4. The van der Waals surface area contributed by atoms with E-state index in [1.54, 1.807) is 11.8 Å².